The highest BCUT2D eigenvalue weighted by Crippen LogP contribution is 2.28. The van der Waals surface area contributed by atoms with Gasteiger partial charge in [0.15, 0.2) is 0 Å². The molecule has 0 bridgehead atoms. The number of hydrogen-bond acceptors (Lipinski definition) is 2. The van der Waals surface area contributed by atoms with Crippen molar-refractivity contribution in [1.29, 1.82) is 0 Å². The zero-order chi connectivity index (χ0) is 14.2. The zero-order valence-electron chi connectivity index (χ0n) is 12.5. The second kappa shape index (κ2) is 8.23. The molecule has 1 fully saturated rings. The van der Waals surface area contributed by atoms with E-state index >= 15 is 0 Å². The summed E-state index contributed by atoms with van der Waals surface area (Å²) in [6.07, 6.45) is 7.03. The Hall–Kier alpha value is -1.12. The molecule has 0 amide bonds. The molecule has 0 unspecified atom stereocenters. The van der Waals surface area contributed by atoms with Gasteiger partial charge in [-0.05, 0) is 37.2 Å². The first kappa shape index (κ1) is 15.3. The van der Waals surface area contributed by atoms with Crippen molar-refractivity contribution in [2.24, 2.45) is 5.92 Å². The van der Waals surface area contributed by atoms with Gasteiger partial charge in [-0.1, -0.05) is 43.3 Å². The molecule has 0 aromatic heterocycles. The van der Waals surface area contributed by atoms with Crippen molar-refractivity contribution >= 4 is 0 Å². The fraction of sp³-hybridized carbons (Fsp3) is 0.556. The number of rotatable bonds is 7. The van der Waals surface area contributed by atoms with E-state index in [9.17, 15) is 0 Å². The summed E-state index contributed by atoms with van der Waals surface area (Å²) in [5.74, 6) is 0.636. The van der Waals surface area contributed by atoms with Gasteiger partial charge in [0.25, 0.3) is 0 Å². The van der Waals surface area contributed by atoms with Crippen molar-refractivity contribution in [3.63, 3.8) is 0 Å². The Morgan fingerprint density at radius 1 is 1.30 bits per heavy atom. The molecule has 0 saturated carbocycles. The second-order valence-corrected chi connectivity index (χ2v) is 5.70. The second-order valence-electron chi connectivity index (χ2n) is 5.70. The van der Waals surface area contributed by atoms with Crippen LogP contribution in [0.2, 0.25) is 0 Å². The van der Waals surface area contributed by atoms with Crippen LogP contribution < -0.4 is 0 Å². The van der Waals surface area contributed by atoms with Crippen LogP contribution in [0.5, 0.6) is 0 Å². The first-order chi connectivity index (χ1) is 9.79. The maximum Gasteiger partial charge on any atom is 0.0716 e. The molecule has 1 aromatic rings. The molecule has 1 saturated heterocycles. The van der Waals surface area contributed by atoms with Crippen LogP contribution in [0.15, 0.2) is 43.0 Å². The number of benzene rings is 1. The largest absolute Gasteiger partial charge is 0.377 e. The van der Waals surface area contributed by atoms with E-state index in [1.165, 1.54) is 12.0 Å². The first-order valence-corrected chi connectivity index (χ1v) is 7.67. The quantitative estimate of drug-likeness (QED) is 0.543. The van der Waals surface area contributed by atoms with Crippen molar-refractivity contribution < 1.29 is 9.47 Å². The average molecular weight is 274 g/mol. The maximum absolute atomic E-state index is 6.14. The molecular formula is C18H26O2. The molecule has 1 aliphatic rings. The van der Waals surface area contributed by atoms with Crippen molar-refractivity contribution in [2.75, 3.05) is 6.61 Å². The van der Waals surface area contributed by atoms with Gasteiger partial charge in [-0.15, -0.1) is 6.58 Å². The molecule has 0 aliphatic carbocycles. The lowest BCUT2D eigenvalue weighted by molar-refractivity contribution is -0.0891. The molecule has 0 radical (unpaired) electrons. The van der Waals surface area contributed by atoms with Gasteiger partial charge in [0.2, 0.25) is 0 Å². The summed E-state index contributed by atoms with van der Waals surface area (Å²) in [5, 5.41) is 0. The molecule has 0 spiro atoms. The van der Waals surface area contributed by atoms with Crippen LogP contribution in [-0.4, -0.2) is 18.8 Å². The molecule has 110 valence electrons. The van der Waals surface area contributed by atoms with Crippen molar-refractivity contribution in [3.05, 3.63) is 48.6 Å². The van der Waals surface area contributed by atoms with Gasteiger partial charge in [0.1, 0.15) is 0 Å². The van der Waals surface area contributed by atoms with Gasteiger partial charge in [-0.25, -0.2) is 0 Å². The predicted molar refractivity (Wildman–Crippen MR) is 82.6 cm³/mol. The van der Waals surface area contributed by atoms with Crippen LogP contribution in [0.1, 0.15) is 38.2 Å². The van der Waals surface area contributed by atoms with Crippen LogP contribution in [0, 0.1) is 5.92 Å². The normalized spacial score (nSPS) is 26.4. The van der Waals surface area contributed by atoms with Crippen LogP contribution in [0.3, 0.4) is 0 Å². The van der Waals surface area contributed by atoms with Gasteiger partial charge < -0.3 is 9.47 Å². The monoisotopic (exact) mass is 274 g/mol. The SMILES string of the molecule is C=CC[C@@H]1CC[C@@H](C)[C@@H](CCOCc2ccccc2)O1. The summed E-state index contributed by atoms with van der Waals surface area (Å²) in [6, 6.07) is 10.3. The van der Waals surface area contributed by atoms with Crippen LogP contribution in [-0.2, 0) is 16.1 Å². The zero-order valence-corrected chi connectivity index (χ0v) is 12.5. The highest BCUT2D eigenvalue weighted by Gasteiger charge is 2.27. The van der Waals surface area contributed by atoms with Gasteiger partial charge in [0, 0.05) is 6.61 Å². The van der Waals surface area contributed by atoms with Crippen LogP contribution in [0.25, 0.3) is 0 Å². The fourth-order valence-corrected chi connectivity index (χ4v) is 2.76. The van der Waals surface area contributed by atoms with Crippen molar-refractivity contribution in [2.45, 2.75) is 51.4 Å². The Morgan fingerprint density at radius 3 is 2.85 bits per heavy atom. The maximum atomic E-state index is 6.14. The van der Waals surface area contributed by atoms with Crippen molar-refractivity contribution in [3.8, 4) is 0 Å². The molecule has 2 rings (SSSR count). The van der Waals surface area contributed by atoms with Gasteiger partial charge in [-0.2, -0.15) is 0 Å². The Kier molecular flexibility index (Phi) is 6.28. The predicted octanol–water partition coefficient (Wildman–Crippen LogP) is 4.35. The molecule has 20 heavy (non-hydrogen) atoms. The summed E-state index contributed by atoms with van der Waals surface area (Å²) in [4.78, 5) is 0. The van der Waals surface area contributed by atoms with E-state index in [4.69, 9.17) is 9.47 Å². The van der Waals surface area contributed by atoms with Crippen LogP contribution in [0.4, 0.5) is 0 Å². The van der Waals surface area contributed by atoms with Crippen LogP contribution >= 0.6 is 0 Å². The van der Waals surface area contributed by atoms with E-state index in [0.29, 0.717) is 24.7 Å². The topological polar surface area (TPSA) is 18.5 Å². The molecule has 3 atom stereocenters. The first-order valence-electron chi connectivity index (χ1n) is 7.67. The molecular weight excluding hydrogens is 248 g/mol. The lowest BCUT2D eigenvalue weighted by atomic mass is 9.91. The Morgan fingerprint density at radius 2 is 2.10 bits per heavy atom. The average Bonchev–Trinajstić information content (AvgIpc) is 2.48. The third kappa shape index (κ3) is 4.77. The molecule has 0 N–H and O–H groups in total. The Labute approximate surface area is 122 Å². The third-order valence-corrected chi connectivity index (χ3v) is 4.03. The molecule has 1 aliphatic heterocycles. The summed E-state index contributed by atoms with van der Waals surface area (Å²) in [6.45, 7) is 7.55. The van der Waals surface area contributed by atoms with E-state index < -0.39 is 0 Å². The van der Waals surface area contributed by atoms with E-state index in [1.807, 2.05) is 24.3 Å². The van der Waals surface area contributed by atoms with Gasteiger partial charge >= 0.3 is 0 Å². The Bertz CT molecular complexity index is 388. The summed E-state index contributed by atoms with van der Waals surface area (Å²) < 4.78 is 11.9. The van der Waals surface area contributed by atoms with E-state index in [0.717, 1.165) is 25.9 Å². The smallest absolute Gasteiger partial charge is 0.0716 e. The lowest BCUT2D eigenvalue weighted by Gasteiger charge is -2.34. The summed E-state index contributed by atoms with van der Waals surface area (Å²) in [7, 11) is 0. The van der Waals surface area contributed by atoms with Crippen molar-refractivity contribution in [1.82, 2.24) is 0 Å². The highest BCUT2D eigenvalue weighted by molar-refractivity contribution is 5.13. The lowest BCUT2D eigenvalue weighted by Crippen LogP contribution is -2.34. The van der Waals surface area contributed by atoms with E-state index in [1.54, 1.807) is 0 Å². The standard InChI is InChI=1S/C18H26O2/c1-3-7-17-11-10-15(2)18(20-17)12-13-19-14-16-8-5-4-6-9-16/h3-6,8-9,15,17-18H,1,7,10-14H2,2H3/t15-,17-,18-/m1/s1. The molecule has 2 nitrogen and oxygen atoms in total. The molecule has 1 heterocycles. The fourth-order valence-electron chi connectivity index (χ4n) is 2.76. The minimum absolute atomic E-state index is 0.337. The summed E-state index contributed by atoms with van der Waals surface area (Å²) in [5.41, 5.74) is 1.23. The minimum atomic E-state index is 0.337. The number of ether oxygens (including phenoxy) is 2. The third-order valence-electron chi connectivity index (χ3n) is 4.03. The van der Waals surface area contributed by atoms with E-state index in [2.05, 4.69) is 25.6 Å². The molecule has 1 aromatic carbocycles. The van der Waals surface area contributed by atoms with Gasteiger partial charge in [0.05, 0.1) is 18.8 Å². The minimum Gasteiger partial charge on any atom is -0.377 e. The number of hydrogen-bond donors (Lipinski definition) is 0. The summed E-state index contributed by atoms with van der Waals surface area (Å²) >= 11 is 0. The van der Waals surface area contributed by atoms with Gasteiger partial charge in [-0.3, -0.25) is 0 Å². The highest BCUT2D eigenvalue weighted by atomic mass is 16.5. The Balaban J connectivity index is 1.68. The van der Waals surface area contributed by atoms with E-state index in [-0.39, 0.29) is 0 Å². The molecule has 2 heteroatoms.